The first-order chi connectivity index (χ1) is 15.7. The Morgan fingerprint density at radius 2 is 1.64 bits per heavy atom. The molecule has 33 heavy (non-hydrogen) atoms. The Morgan fingerprint density at radius 3 is 2.27 bits per heavy atom. The van der Waals surface area contributed by atoms with Crippen LogP contribution in [0.15, 0.2) is 42.5 Å². The summed E-state index contributed by atoms with van der Waals surface area (Å²) in [6.07, 6.45) is 1.03. The summed E-state index contributed by atoms with van der Waals surface area (Å²) in [6, 6.07) is 9.35. The van der Waals surface area contributed by atoms with Crippen LogP contribution < -0.4 is 15.1 Å². The van der Waals surface area contributed by atoms with Crippen LogP contribution in [0.3, 0.4) is 0 Å². The van der Waals surface area contributed by atoms with Crippen molar-refractivity contribution in [1.82, 2.24) is 0 Å². The van der Waals surface area contributed by atoms with E-state index in [9.17, 15) is 33.7 Å². The number of hydrogen-bond acceptors (Lipinski definition) is 6. The van der Waals surface area contributed by atoms with Gasteiger partial charge in [0.15, 0.2) is 0 Å². The number of carbonyl (C=O) groups is 4. The molecule has 2 fully saturated rings. The molecule has 0 bridgehead atoms. The molecule has 2 aromatic carbocycles. The van der Waals surface area contributed by atoms with Crippen LogP contribution in [0.2, 0.25) is 0 Å². The molecule has 2 aliphatic heterocycles. The first-order valence-corrected chi connectivity index (χ1v) is 10.3. The monoisotopic (exact) mass is 454 g/mol. The molecule has 2 saturated heterocycles. The Labute approximate surface area is 187 Å². The van der Waals surface area contributed by atoms with Crippen LogP contribution in [-0.4, -0.2) is 35.1 Å². The normalized spacial score (nSPS) is 18.6. The van der Waals surface area contributed by atoms with Gasteiger partial charge in [-0.2, -0.15) is 4.39 Å². The average molecular weight is 454 g/mol. The number of benzene rings is 2. The Bertz CT molecular complexity index is 1150. The smallest absolute Gasteiger partial charge is 0.306 e. The number of nitrogens with one attached hydrogen (secondary N) is 1. The zero-order valence-electron chi connectivity index (χ0n) is 17.3. The maximum atomic E-state index is 13.6. The van der Waals surface area contributed by atoms with Crippen LogP contribution in [0.1, 0.15) is 25.7 Å². The Morgan fingerprint density at radius 1 is 1.00 bits per heavy atom. The molecule has 1 unspecified atom stereocenters. The molecule has 11 heteroatoms. The predicted molar refractivity (Wildman–Crippen MR) is 115 cm³/mol. The number of amides is 4. The highest BCUT2D eigenvalue weighted by atomic mass is 19.1. The number of carbonyl (C=O) groups excluding carboxylic acids is 4. The van der Waals surface area contributed by atoms with Crippen molar-refractivity contribution >= 4 is 46.4 Å². The van der Waals surface area contributed by atoms with Gasteiger partial charge in [-0.15, -0.1) is 0 Å². The molecule has 1 atom stereocenters. The third-order valence-electron chi connectivity index (χ3n) is 5.61. The number of imide groups is 1. The number of halogens is 1. The zero-order valence-corrected chi connectivity index (χ0v) is 17.3. The van der Waals surface area contributed by atoms with Crippen LogP contribution in [0.25, 0.3) is 0 Å². The van der Waals surface area contributed by atoms with E-state index in [-0.39, 0.29) is 30.5 Å². The molecule has 1 N–H and O–H groups in total. The number of nitro benzene ring substituents is 1. The first kappa shape index (κ1) is 22.1. The van der Waals surface area contributed by atoms with Gasteiger partial charge in [0.1, 0.15) is 0 Å². The van der Waals surface area contributed by atoms with Crippen molar-refractivity contribution in [3.63, 3.8) is 0 Å². The quantitative estimate of drug-likeness (QED) is 0.420. The molecular weight excluding hydrogens is 435 g/mol. The molecule has 0 aromatic heterocycles. The van der Waals surface area contributed by atoms with Gasteiger partial charge in [0.25, 0.3) is 0 Å². The predicted octanol–water partition coefficient (Wildman–Crippen LogP) is 2.77. The van der Waals surface area contributed by atoms with Gasteiger partial charge in [-0.3, -0.25) is 34.2 Å². The van der Waals surface area contributed by atoms with E-state index in [0.29, 0.717) is 30.6 Å². The van der Waals surface area contributed by atoms with E-state index >= 15 is 0 Å². The molecule has 2 aromatic rings. The van der Waals surface area contributed by atoms with Crippen molar-refractivity contribution in [2.45, 2.75) is 25.7 Å². The summed E-state index contributed by atoms with van der Waals surface area (Å²) in [7, 11) is 0. The molecule has 0 radical (unpaired) electrons. The molecule has 0 saturated carbocycles. The highest BCUT2D eigenvalue weighted by Crippen LogP contribution is 2.30. The van der Waals surface area contributed by atoms with Gasteiger partial charge >= 0.3 is 5.69 Å². The van der Waals surface area contributed by atoms with Gasteiger partial charge < -0.3 is 10.2 Å². The second-order valence-corrected chi connectivity index (χ2v) is 7.81. The van der Waals surface area contributed by atoms with E-state index in [1.54, 1.807) is 24.3 Å². The van der Waals surface area contributed by atoms with Crippen LogP contribution >= 0.6 is 0 Å². The lowest BCUT2D eigenvalue weighted by molar-refractivity contribution is -0.387. The second-order valence-electron chi connectivity index (χ2n) is 7.81. The molecule has 4 rings (SSSR count). The fraction of sp³-hybridized carbons (Fsp3) is 0.273. The summed E-state index contributed by atoms with van der Waals surface area (Å²) in [5.41, 5.74) is 0.231. The van der Waals surface area contributed by atoms with Crippen LogP contribution in [0.4, 0.5) is 27.1 Å². The van der Waals surface area contributed by atoms with Gasteiger partial charge in [-0.1, -0.05) is 0 Å². The summed E-state index contributed by atoms with van der Waals surface area (Å²) in [4.78, 5) is 61.6. The van der Waals surface area contributed by atoms with E-state index in [1.165, 1.54) is 11.0 Å². The van der Waals surface area contributed by atoms with Gasteiger partial charge in [-0.05, 0) is 42.8 Å². The molecule has 0 spiro atoms. The Kier molecular flexibility index (Phi) is 5.86. The van der Waals surface area contributed by atoms with E-state index < -0.39 is 34.2 Å². The van der Waals surface area contributed by atoms with E-state index in [0.717, 1.165) is 17.0 Å². The van der Waals surface area contributed by atoms with E-state index in [4.69, 9.17) is 0 Å². The zero-order chi connectivity index (χ0) is 23.7. The highest BCUT2D eigenvalue weighted by Gasteiger charge is 2.36. The number of rotatable bonds is 5. The number of piperidine rings is 1. The van der Waals surface area contributed by atoms with E-state index in [1.807, 2.05) is 0 Å². The largest absolute Gasteiger partial charge is 0.326 e. The number of nitrogens with zero attached hydrogens (tertiary/aromatic N) is 3. The molecule has 2 heterocycles. The third kappa shape index (κ3) is 4.43. The lowest BCUT2D eigenvalue weighted by Gasteiger charge is -2.25. The van der Waals surface area contributed by atoms with Gasteiger partial charge in [0, 0.05) is 37.6 Å². The SMILES string of the molecule is O=C(Nc1ccc(N2C(=O)CCCC2=O)cc1)C1CC(=O)N(c2ccc(F)c([N+](=O)[O-])c2)C1. The van der Waals surface area contributed by atoms with Crippen molar-refractivity contribution in [3.05, 3.63) is 58.4 Å². The highest BCUT2D eigenvalue weighted by molar-refractivity contribution is 6.16. The summed E-state index contributed by atoms with van der Waals surface area (Å²) >= 11 is 0. The lowest BCUT2D eigenvalue weighted by atomic mass is 10.1. The molecule has 2 aliphatic rings. The van der Waals surface area contributed by atoms with E-state index in [2.05, 4.69) is 5.32 Å². The molecule has 170 valence electrons. The van der Waals surface area contributed by atoms with Crippen LogP contribution in [0, 0.1) is 21.8 Å². The number of anilines is 3. The van der Waals surface area contributed by atoms with Crippen LogP contribution in [0.5, 0.6) is 0 Å². The Balaban J connectivity index is 1.43. The minimum atomic E-state index is -1.01. The van der Waals surface area contributed by atoms with Gasteiger partial charge in [0.05, 0.1) is 22.2 Å². The third-order valence-corrected chi connectivity index (χ3v) is 5.61. The first-order valence-electron chi connectivity index (χ1n) is 10.3. The number of nitro groups is 1. The minimum absolute atomic E-state index is 0.0116. The molecule has 0 aliphatic carbocycles. The molecule has 10 nitrogen and oxygen atoms in total. The van der Waals surface area contributed by atoms with Crippen molar-refractivity contribution in [3.8, 4) is 0 Å². The minimum Gasteiger partial charge on any atom is -0.326 e. The van der Waals surface area contributed by atoms with Crippen LogP contribution in [-0.2, 0) is 19.2 Å². The van der Waals surface area contributed by atoms with Gasteiger partial charge in [0.2, 0.25) is 29.4 Å². The van der Waals surface area contributed by atoms with Crippen molar-refractivity contribution in [2.24, 2.45) is 5.92 Å². The fourth-order valence-corrected chi connectivity index (χ4v) is 3.92. The van der Waals surface area contributed by atoms with Crippen molar-refractivity contribution in [1.29, 1.82) is 0 Å². The summed E-state index contributed by atoms with van der Waals surface area (Å²) in [5.74, 6) is -3.11. The maximum absolute atomic E-state index is 13.6. The number of hydrogen-bond donors (Lipinski definition) is 1. The molecular formula is C22H19FN4O6. The maximum Gasteiger partial charge on any atom is 0.306 e. The summed E-state index contributed by atoms with van der Waals surface area (Å²) in [6.45, 7) is -0.0116. The summed E-state index contributed by atoms with van der Waals surface area (Å²) in [5, 5.41) is 13.7. The van der Waals surface area contributed by atoms with Crippen molar-refractivity contribution in [2.75, 3.05) is 21.7 Å². The van der Waals surface area contributed by atoms with Crippen molar-refractivity contribution < 1.29 is 28.5 Å². The second kappa shape index (κ2) is 8.77. The topological polar surface area (TPSA) is 130 Å². The standard InChI is InChI=1S/C22H19FN4O6/c23-17-9-8-16(11-18(17)27(32)33)25-12-13(10-21(25)30)22(31)24-14-4-6-15(7-5-14)26-19(28)2-1-3-20(26)29/h4-9,11,13H,1-3,10,12H2,(H,24,31). The summed E-state index contributed by atoms with van der Waals surface area (Å²) < 4.78 is 13.6. The lowest BCUT2D eigenvalue weighted by Crippen LogP contribution is -2.40. The molecule has 4 amide bonds. The van der Waals surface area contributed by atoms with Gasteiger partial charge in [-0.25, -0.2) is 0 Å². The average Bonchev–Trinajstić information content (AvgIpc) is 3.17. The Hall–Kier alpha value is -4.15. The fourth-order valence-electron chi connectivity index (χ4n) is 3.92.